The van der Waals surface area contributed by atoms with Gasteiger partial charge in [0.15, 0.2) is 5.41 Å². The number of carbonyl (C=O) groups is 1. The molecule has 0 saturated carbocycles. The highest BCUT2D eigenvalue weighted by Crippen LogP contribution is 2.26. The molecule has 1 unspecified atom stereocenters. The Morgan fingerprint density at radius 3 is 2.70 bits per heavy atom. The predicted octanol–water partition coefficient (Wildman–Crippen LogP) is 3.52. The maximum atomic E-state index is 11.8. The first-order valence-electron chi connectivity index (χ1n) is 6.20. The molecule has 0 amide bonds. The van der Waals surface area contributed by atoms with Crippen LogP contribution >= 0.6 is 0 Å². The lowest BCUT2D eigenvalue weighted by Gasteiger charge is -2.17. The molecule has 0 aliphatic rings. The van der Waals surface area contributed by atoms with Crippen molar-refractivity contribution in [2.45, 2.75) is 6.42 Å². The van der Waals surface area contributed by atoms with Gasteiger partial charge in [-0.25, -0.2) is 4.79 Å². The zero-order valence-corrected chi connectivity index (χ0v) is 11.5. The largest absolute Gasteiger partial charge is 0.468 e. The summed E-state index contributed by atoms with van der Waals surface area (Å²) >= 11 is 0. The van der Waals surface area contributed by atoms with Crippen molar-refractivity contribution >= 4 is 12.0 Å². The number of ether oxygens (including phenoxy) is 1. The Hall–Kier alpha value is -2.60. The number of hydrogen-bond acceptors (Lipinski definition) is 3. The number of hydrogen-bond donors (Lipinski definition) is 0. The molecule has 0 fully saturated rings. The van der Waals surface area contributed by atoms with Gasteiger partial charge in [0.25, 0.3) is 0 Å². The molecule has 0 aliphatic heterocycles. The molecule has 3 nitrogen and oxygen atoms in total. The molecule has 1 aromatic rings. The van der Waals surface area contributed by atoms with Gasteiger partial charge < -0.3 is 4.74 Å². The molecule has 3 heteroatoms. The first-order chi connectivity index (χ1) is 9.68. The number of nitrogens with zero attached hydrogens (tertiary/aromatic N) is 1. The second-order valence-corrected chi connectivity index (χ2v) is 4.19. The molecule has 0 N–H and O–H groups in total. The van der Waals surface area contributed by atoms with Crippen molar-refractivity contribution in [2.75, 3.05) is 7.11 Å². The molecule has 1 atom stereocenters. The zero-order chi connectivity index (χ0) is 14.8. The van der Waals surface area contributed by atoms with E-state index in [1.54, 1.807) is 12.2 Å². The maximum absolute atomic E-state index is 11.8. The lowest BCUT2D eigenvalue weighted by Crippen LogP contribution is -2.28. The number of benzene rings is 1. The van der Waals surface area contributed by atoms with Crippen molar-refractivity contribution < 1.29 is 9.53 Å². The van der Waals surface area contributed by atoms with Gasteiger partial charge in [0, 0.05) is 0 Å². The minimum absolute atomic E-state index is 0.245. The average molecular weight is 267 g/mol. The Bertz CT molecular complexity index is 552. The minimum atomic E-state index is -1.31. The molecule has 20 heavy (non-hydrogen) atoms. The van der Waals surface area contributed by atoms with E-state index in [0.29, 0.717) is 0 Å². The third kappa shape index (κ3) is 3.96. The number of allylic oxidation sites excluding steroid dienone is 3. The molecule has 0 radical (unpaired) electrons. The van der Waals surface area contributed by atoms with Crippen LogP contribution < -0.4 is 0 Å². The van der Waals surface area contributed by atoms with Crippen LogP contribution in [0.5, 0.6) is 0 Å². The fourth-order valence-electron chi connectivity index (χ4n) is 1.71. The number of rotatable bonds is 6. The van der Waals surface area contributed by atoms with Crippen LogP contribution in [0.2, 0.25) is 0 Å². The number of methoxy groups -OCH3 is 1. The maximum Gasteiger partial charge on any atom is 0.330 e. The monoisotopic (exact) mass is 267 g/mol. The molecular weight excluding hydrogens is 250 g/mol. The fourth-order valence-corrected chi connectivity index (χ4v) is 1.71. The minimum Gasteiger partial charge on any atom is -0.468 e. The smallest absolute Gasteiger partial charge is 0.330 e. The van der Waals surface area contributed by atoms with E-state index in [4.69, 9.17) is 4.74 Å². The Morgan fingerprint density at radius 1 is 1.45 bits per heavy atom. The standard InChI is InChI=1S/C17H17NO2/c1-3-4-12-17(14-18,16(19)20-2)13-8-11-15-9-6-5-7-10-15/h3-12H,1,13H2,2H3/b11-8+,12-4+. The molecule has 0 saturated heterocycles. The van der Waals surface area contributed by atoms with Crippen molar-refractivity contribution in [3.8, 4) is 6.07 Å². The van der Waals surface area contributed by atoms with Gasteiger partial charge in [-0.15, -0.1) is 0 Å². The molecule has 0 bridgehead atoms. The molecule has 0 aliphatic carbocycles. The van der Waals surface area contributed by atoms with Crippen molar-refractivity contribution in [3.63, 3.8) is 0 Å². The predicted molar refractivity (Wildman–Crippen MR) is 79.5 cm³/mol. The number of nitriles is 1. The molecule has 0 spiro atoms. The number of esters is 1. The first-order valence-corrected chi connectivity index (χ1v) is 6.20. The van der Waals surface area contributed by atoms with Crippen LogP contribution in [0.1, 0.15) is 12.0 Å². The van der Waals surface area contributed by atoms with Gasteiger partial charge >= 0.3 is 5.97 Å². The van der Waals surface area contributed by atoms with E-state index in [1.165, 1.54) is 19.3 Å². The quantitative estimate of drug-likeness (QED) is 0.585. The van der Waals surface area contributed by atoms with Gasteiger partial charge in [-0.3, -0.25) is 0 Å². The van der Waals surface area contributed by atoms with E-state index in [9.17, 15) is 10.1 Å². The summed E-state index contributed by atoms with van der Waals surface area (Å²) in [4.78, 5) is 11.8. The highest BCUT2D eigenvalue weighted by molar-refractivity contribution is 5.83. The van der Waals surface area contributed by atoms with Gasteiger partial charge in [-0.2, -0.15) is 5.26 Å². The zero-order valence-electron chi connectivity index (χ0n) is 11.5. The molecule has 1 rings (SSSR count). The van der Waals surface area contributed by atoms with Gasteiger partial charge in [-0.05, 0) is 12.0 Å². The summed E-state index contributed by atoms with van der Waals surface area (Å²) in [7, 11) is 1.27. The Labute approximate surface area is 119 Å². The number of carbonyl (C=O) groups excluding carboxylic acids is 1. The summed E-state index contributed by atoms with van der Waals surface area (Å²) in [5, 5.41) is 9.33. The third-order valence-corrected chi connectivity index (χ3v) is 2.82. The van der Waals surface area contributed by atoms with E-state index in [0.717, 1.165) is 5.56 Å². The molecule has 0 aromatic heterocycles. The van der Waals surface area contributed by atoms with Crippen LogP contribution in [0.25, 0.3) is 6.08 Å². The summed E-state index contributed by atoms with van der Waals surface area (Å²) in [6.07, 6.45) is 8.53. The van der Waals surface area contributed by atoms with Crippen LogP contribution in [0.15, 0.2) is 61.2 Å². The van der Waals surface area contributed by atoms with E-state index in [2.05, 4.69) is 6.58 Å². The molecular formula is C17H17NO2. The summed E-state index contributed by atoms with van der Waals surface area (Å²) < 4.78 is 4.73. The van der Waals surface area contributed by atoms with Crippen LogP contribution in [-0.4, -0.2) is 13.1 Å². The Balaban J connectivity index is 2.93. The van der Waals surface area contributed by atoms with Crippen molar-refractivity contribution in [1.29, 1.82) is 5.26 Å². The summed E-state index contributed by atoms with van der Waals surface area (Å²) in [6.45, 7) is 3.54. The lowest BCUT2D eigenvalue weighted by molar-refractivity contribution is -0.146. The average Bonchev–Trinajstić information content (AvgIpc) is 2.51. The summed E-state index contributed by atoms with van der Waals surface area (Å²) in [5.41, 5.74) is -0.300. The van der Waals surface area contributed by atoms with Crippen LogP contribution in [0.3, 0.4) is 0 Å². The van der Waals surface area contributed by atoms with Crippen molar-refractivity contribution in [2.24, 2.45) is 5.41 Å². The fraction of sp³-hybridized carbons (Fsp3) is 0.176. The van der Waals surface area contributed by atoms with Gasteiger partial charge in [-0.1, -0.05) is 67.3 Å². The Kier molecular flexibility index (Phi) is 5.99. The van der Waals surface area contributed by atoms with E-state index >= 15 is 0 Å². The third-order valence-electron chi connectivity index (χ3n) is 2.82. The Morgan fingerprint density at radius 2 is 2.15 bits per heavy atom. The van der Waals surface area contributed by atoms with Crippen LogP contribution in [-0.2, 0) is 9.53 Å². The topological polar surface area (TPSA) is 50.1 Å². The van der Waals surface area contributed by atoms with Crippen LogP contribution in [0, 0.1) is 16.7 Å². The first kappa shape index (κ1) is 15.5. The van der Waals surface area contributed by atoms with Gasteiger partial charge in [0.1, 0.15) is 0 Å². The van der Waals surface area contributed by atoms with E-state index in [1.807, 2.05) is 42.5 Å². The van der Waals surface area contributed by atoms with E-state index < -0.39 is 11.4 Å². The van der Waals surface area contributed by atoms with Gasteiger partial charge in [0.2, 0.25) is 0 Å². The molecule has 1 aromatic carbocycles. The lowest BCUT2D eigenvalue weighted by atomic mass is 9.85. The van der Waals surface area contributed by atoms with Crippen LogP contribution in [0.4, 0.5) is 0 Å². The summed E-state index contributed by atoms with van der Waals surface area (Å²) in [5.74, 6) is -0.573. The van der Waals surface area contributed by atoms with Crippen molar-refractivity contribution in [1.82, 2.24) is 0 Å². The second-order valence-electron chi connectivity index (χ2n) is 4.19. The van der Waals surface area contributed by atoms with E-state index in [-0.39, 0.29) is 6.42 Å². The highest BCUT2D eigenvalue weighted by atomic mass is 16.5. The second kappa shape index (κ2) is 7.75. The van der Waals surface area contributed by atoms with Crippen molar-refractivity contribution in [3.05, 3.63) is 66.8 Å². The summed E-state index contributed by atoms with van der Waals surface area (Å²) in [6, 6.07) is 11.7. The SMILES string of the molecule is C=C/C=C/C(C#N)(C/C=C/c1ccccc1)C(=O)OC. The molecule has 102 valence electrons. The van der Waals surface area contributed by atoms with Gasteiger partial charge in [0.05, 0.1) is 13.2 Å². The normalized spacial score (nSPS) is 13.8. The highest BCUT2D eigenvalue weighted by Gasteiger charge is 2.36. The molecule has 0 heterocycles.